The van der Waals surface area contributed by atoms with E-state index in [2.05, 4.69) is 36.7 Å². The molecule has 21 heavy (non-hydrogen) atoms. The lowest BCUT2D eigenvalue weighted by atomic mass is 10.1. The van der Waals surface area contributed by atoms with Crippen LogP contribution in [0, 0.1) is 0 Å². The van der Waals surface area contributed by atoms with Crippen molar-refractivity contribution in [2.45, 2.75) is 45.2 Å². The fraction of sp³-hybridized carbons (Fsp3) is 0.471. The number of hydrogen-bond acceptors (Lipinski definition) is 3. The van der Waals surface area contributed by atoms with Gasteiger partial charge in [0.2, 0.25) is 0 Å². The molecule has 0 saturated carbocycles. The maximum absolute atomic E-state index is 6.50. The van der Waals surface area contributed by atoms with Crippen molar-refractivity contribution < 1.29 is 4.74 Å². The van der Waals surface area contributed by atoms with Crippen LogP contribution >= 0.6 is 0 Å². The Morgan fingerprint density at radius 1 is 1.29 bits per heavy atom. The zero-order valence-corrected chi connectivity index (χ0v) is 13.0. The van der Waals surface area contributed by atoms with Crippen LogP contribution in [0.15, 0.2) is 24.3 Å². The number of hydrogen-bond donors (Lipinski definition) is 1. The van der Waals surface area contributed by atoms with E-state index in [1.807, 2.05) is 6.07 Å². The van der Waals surface area contributed by atoms with Gasteiger partial charge in [-0.15, -0.1) is 0 Å². The van der Waals surface area contributed by atoms with Crippen LogP contribution < -0.4 is 10.5 Å². The van der Waals surface area contributed by atoms with E-state index in [0.29, 0.717) is 0 Å². The molecule has 1 aliphatic rings. The van der Waals surface area contributed by atoms with Gasteiger partial charge in [-0.2, -0.15) is 5.10 Å². The summed E-state index contributed by atoms with van der Waals surface area (Å²) in [6.07, 6.45) is 2.89. The Balaban J connectivity index is 1.97. The normalized spacial score (nSPS) is 20.6. The highest BCUT2D eigenvalue weighted by molar-refractivity contribution is 5.42. The molecule has 0 saturated heterocycles. The average Bonchev–Trinajstić information content (AvgIpc) is 3.08. The van der Waals surface area contributed by atoms with Crippen LogP contribution in [0.4, 0.5) is 0 Å². The van der Waals surface area contributed by atoms with Crippen molar-refractivity contribution in [3.63, 3.8) is 0 Å². The molecule has 2 unspecified atom stereocenters. The van der Waals surface area contributed by atoms with Crippen molar-refractivity contribution >= 4 is 0 Å². The second kappa shape index (κ2) is 5.53. The smallest absolute Gasteiger partial charge is 0.119 e. The zero-order valence-electron chi connectivity index (χ0n) is 13.0. The van der Waals surface area contributed by atoms with Crippen molar-refractivity contribution in [1.29, 1.82) is 0 Å². The Hall–Kier alpha value is -1.81. The highest BCUT2D eigenvalue weighted by Crippen LogP contribution is 2.39. The van der Waals surface area contributed by atoms with Gasteiger partial charge in [-0.05, 0) is 48.6 Å². The van der Waals surface area contributed by atoms with Crippen molar-refractivity contribution in [2.24, 2.45) is 5.73 Å². The molecular weight excluding hydrogens is 262 g/mol. The van der Waals surface area contributed by atoms with Crippen LogP contribution in [0.25, 0.3) is 0 Å². The van der Waals surface area contributed by atoms with Gasteiger partial charge in [0.1, 0.15) is 5.75 Å². The molecule has 0 radical (unpaired) electrons. The van der Waals surface area contributed by atoms with Crippen molar-refractivity contribution in [3.8, 4) is 5.75 Å². The molecular formula is C17H23N3O. The van der Waals surface area contributed by atoms with E-state index >= 15 is 0 Å². The van der Waals surface area contributed by atoms with Gasteiger partial charge < -0.3 is 10.5 Å². The molecule has 1 aliphatic carbocycles. The van der Waals surface area contributed by atoms with Crippen LogP contribution in [-0.2, 0) is 19.3 Å². The summed E-state index contributed by atoms with van der Waals surface area (Å²) in [5, 5.41) is 4.76. The molecule has 4 heteroatoms. The minimum atomic E-state index is -0.0231. The van der Waals surface area contributed by atoms with Gasteiger partial charge in [0.05, 0.1) is 24.9 Å². The molecule has 4 nitrogen and oxygen atoms in total. The highest BCUT2D eigenvalue weighted by Gasteiger charge is 2.33. The maximum atomic E-state index is 6.50. The number of methoxy groups -OCH3 is 1. The van der Waals surface area contributed by atoms with E-state index in [1.165, 1.54) is 16.8 Å². The predicted molar refractivity (Wildman–Crippen MR) is 83.6 cm³/mol. The van der Waals surface area contributed by atoms with Crippen LogP contribution in [0.3, 0.4) is 0 Å². The van der Waals surface area contributed by atoms with Gasteiger partial charge in [0, 0.05) is 5.69 Å². The lowest BCUT2D eigenvalue weighted by molar-refractivity contribution is 0.394. The predicted octanol–water partition coefficient (Wildman–Crippen LogP) is 2.81. The first-order chi connectivity index (χ1) is 10.2. The first kappa shape index (κ1) is 14.1. The van der Waals surface area contributed by atoms with Gasteiger partial charge in [-0.3, -0.25) is 4.68 Å². The van der Waals surface area contributed by atoms with Gasteiger partial charge in [0.25, 0.3) is 0 Å². The summed E-state index contributed by atoms with van der Waals surface area (Å²) in [6, 6.07) is 8.60. The number of ether oxygens (including phenoxy) is 1. The maximum Gasteiger partial charge on any atom is 0.119 e. The topological polar surface area (TPSA) is 53.1 Å². The van der Waals surface area contributed by atoms with Gasteiger partial charge in [-0.25, -0.2) is 0 Å². The average molecular weight is 285 g/mol. The van der Waals surface area contributed by atoms with Crippen molar-refractivity contribution in [2.75, 3.05) is 7.11 Å². The number of fused-ring (bicyclic) bond motifs is 1. The van der Waals surface area contributed by atoms with E-state index in [1.54, 1.807) is 7.11 Å². The quantitative estimate of drug-likeness (QED) is 0.939. The molecule has 0 fully saturated rings. The second-order valence-corrected chi connectivity index (χ2v) is 5.64. The summed E-state index contributed by atoms with van der Waals surface area (Å²) in [5.74, 6) is 0.871. The number of aryl methyl sites for hydroxylation is 2. The lowest BCUT2D eigenvalue weighted by Gasteiger charge is -2.19. The fourth-order valence-corrected chi connectivity index (χ4v) is 3.21. The fourth-order valence-electron chi connectivity index (χ4n) is 3.21. The summed E-state index contributed by atoms with van der Waals surface area (Å²) in [7, 11) is 1.69. The molecule has 1 aromatic carbocycles. The number of aromatic nitrogens is 2. The first-order valence-corrected chi connectivity index (χ1v) is 7.67. The Morgan fingerprint density at radius 2 is 2.10 bits per heavy atom. The lowest BCUT2D eigenvalue weighted by Crippen LogP contribution is -2.23. The molecule has 0 spiro atoms. The summed E-state index contributed by atoms with van der Waals surface area (Å²) in [4.78, 5) is 0. The Kier molecular flexibility index (Phi) is 3.72. The molecule has 1 heterocycles. The zero-order chi connectivity index (χ0) is 15.0. The highest BCUT2D eigenvalue weighted by atomic mass is 16.5. The number of nitrogens with two attached hydrogens (primary N) is 1. The number of benzene rings is 1. The monoisotopic (exact) mass is 285 g/mol. The molecule has 2 N–H and O–H groups in total. The molecule has 2 aromatic rings. The van der Waals surface area contributed by atoms with E-state index in [4.69, 9.17) is 15.6 Å². The van der Waals surface area contributed by atoms with Crippen LogP contribution in [-0.4, -0.2) is 16.9 Å². The first-order valence-electron chi connectivity index (χ1n) is 7.67. The number of nitrogens with zero attached hydrogens (tertiary/aromatic N) is 2. The third kappa shape index (κ3) is 2.33. The van der Waals surface area contributed by atoms with Gasteiger partial charge >= 0.3 is 0 Å². The third-order valence-corrected chi connectivity index (χ3v) is 4.46. The largest absolute Gasteiger partial charge is 0.497 e. The molecule has 1 aromatic heterocycles. The third-order valence-electron chi connectivity index (χ3n) is 4.46. The van der Waals surface area contributed by atoms with Crippen molar-refractivity contribution in [3.05, 3.63) is 46.8 Å². The van der Waals surface area contributed by atoms with Crippen molar-refractivity contribution in [1.82, 2.24) is 9.78 Å². The van der Waals surface area contributed by atoms with Crippen LogP contribution in [0.1, 0.15) is 48.4 Å². The molecule has 112 valence electrons. The van der Waals surface area contributed by atoms with Crippen LogP contribution in [0.2, 0.25) is 0 Å². The molecule has 0 aliphatic heterocycles. The second-order valence-electron chi connectivity index (χ2n) is 5.64. The molecule has 2 atom stereocenters. The van der Waals surface area contributed by atoms with E-state index in [-0.39, 0.29) is 12.1 Å². The summed E-state index contributed by atoms with van der Waals surface area (Å²) in [6.45, 7) is 4.31. The molecule has 0 bridgehead atoms. The summed E-state index contributed by atoms with van der Waals surface area (Å²) < 4.78 is 7.47. The standard InChI is InChI=1S/C17H23N3O/c1-4-12-9-13(5-2)20(19-12)16-8-11-6-7-14(21-3)10-15(11)17(16)18/h6-7,9-10,16-17H,4-5,8,18H2,1-3H3. The summed E-state index contributed by atoms with van der Waals surface area (Å²) in [5.41, 5.74) is 11.4. The molecule has 3 rings (SSSR count). The molecule has 0 amide bonds. The van der Waals surface area contributed by atoms with E-state index in [9.17, 15) is 0 Å². The van der Waals surface area contributed by atoms with E-state index < -0.39 is 0 Å². The minimum absolute atomic E-state index is 0.0231. The van der Waals surface area contributed by atoms with E-state index in [0.717, 1.165) is 30.7 Å². The Morgan fingerprint density at radius 3 is 2.76 bits per heavy atom. The Labute approximate surface area is 125 Å². The van der Waals surface area contributed by atoms with Crippen LogP contribution in [0.5, 0.6) is 5.75 Å². The number of rotatable bonds is 4. The minimum Gasteiger partial charge on any atom is -0.497 e. The summed E-state index contributed by atoms with van der Waals surface area (Å²) >= 11 is 0. The van der Waals surface area contributed by atoms with Gasteiger partial charge in [0.15, 0.2) is 0 Å². The van der Waals surface area contributed by atoms with Gasteiger partial charge in [-0.1, -0.05) is 19.9 Å². The SMILES string of the molecule is CCc1cc(CC)n(C2Cc3ccc(OC)cc3C2N)n1. The Bertz CT molecular complexity index is 647.